The molecule has 0 bridgehead atoms. The first-order valence-corrected chi connectivity index (χ1v) is 21.9. The molecule has 0 unspecified atom stereocenters. The number of nitrogens with one attached hydrogen (secondary N) is 1. The minimum absolute atomic E-state index is 0.0230. The number of pyridine rings is 1. The minimum Gasteiger partial charge on any atom is -0.453 e. The highest BCUT2D eigenvalue weighted by Crippen LogP contribution is 2.36. The van der Waals surface area contributed by atoms with Crippen molar-refractivity contribution in [2.24, 2.45) is 0 Å². The fourth-order valence-electron chi connectivity index (χ4n) is 5.81. The van der Waals surface area contributed by atoms with Gasteiger partial charge in [0.05, 0.1) is 5.39 Å². The third-order valence-corrected chi connectivity index (χ3v) is 10.8. The summed E-state index contributed by atoms with van der Waals surface area (Å²) in [7, 11) is -1.22. The SMILES string of the molecule is CC(C)(C)OC(=O)N[C@@H](Cc1ccc(Oc2ccnc3c2c(Br)cn3COCC[Si](C)(C)C)c(F)c1)C(=O)N1CCN(Cc2ccccc2)CC1. The number of ether oxygens (including phenoxy) is 3. The quantitative estimate of drug-likeness (QED) is 0.109. The van der Waals surface area contributed by atoms with Gasteiger partial charge in [-0.15, -0.1) is 0 Å². The van der Waals surface area contributed by atoms with Crippen LogP contribution in [0.3, 0.4) is 0 Å². The monoisotopic (exact) mass is 781 g/mol. The second-order valence-corrected chi connectivity index (χ2v) is 21.6. The molecule has 1 aliphatic heterocycles. The maximum atomic E-state index is 15.7. The highest BCUT2D eigenvalue weighted by molar-refractivity contribution is 9.10. The molecule has 0 saturated carbocycles. The molecule has 13 heteroatoms. The smallest absolute Gasteiger partial charge is 0.408 e. The average Bonchev–Trinajstić information content (AvgIpc) is 3.39. The van der Waals surface area contributed by atoms with Gasteiger partial charge in [-0.1, -0.05) is 56.0 Å². The van der Waals surface area contributed by atoms with Crippen molar-refractivity contribution in [3.05, 3.63) is 88.4 Å². The Balaban J connectivity index is 1.27. The van der Waals surface area contributed by atoms with E-state index in [9.17, 15) is 9.59 Å². The number of fused-ring (bicyclic) bond motifs is 1. The van der Waals surface area contributed by atoms with Gasteiger partial charge < -0.3 is 29.0 Å². The molecule has 0 radical (unpaired) electrons. The molecule has 51 heavy (non-hydrogen) atoms. The van der Waals surface area contributed by atoms with Crippen LogP contribution in [0.15, 0.2) is 71.5 Å². The second-order valence-electron chi connectivity index (χ2n) is 15.2. The van der Waals surface area contributed by atoms with Crippen molar-refractivity contribution in [1.29, 1.82) is 0 Å². The summed E-state index contributed by atoms with van der Waals surface area (Å²) in [5, 5.41) is 3.46. The van der Waals surface area contributed by atoms with Gasteiger partial charge >= 0.3 is 6.09 Å². The topological polar surface area (TPSA) is 98.2 Å². The van der Waals surface area contributed by atoms with Crippen LogP contribution in [0.4, 0.5) is 9.18 Å². The van der Waals surface area contributed by atoms with Gasteiger partial charge in [0.2, 0.25) is 5.91 Å². The summed E-state index contributed by atoms with van der Waals surface area (Å²) in [6.45, 7) is 16.5. The van der Waals surface area contributed by atoms with Gasteiger partial charge in [0, 0.05) is 70.7 Å². The summed E-state index contributed by atoms with van der Waals surface area (Å²) in [6, 6.07) is 16.6. The molecule has 1 N–H and O–H groups in total. The zero-order valence-corrected chi connectivity index (χ0v) is 33.0. The molecule has 4 aromatic rings. The van der Waals surface area contributed by atoms with Gasteiger partial charge in [-0.3, -0.25) is 9.69 Å². The molecule has 3 heterocycles. The summed E-state index contributed by atoms with van der Waals surface area (Å²) < 4.78 is 35.8. The molecule has 1 aliphatic rings. The van der Waals surface area contributed by atoms with Crippen molar-refractivity contribution < 1.29 is 28.2 Å². The molecule has 2 amide bonds. The van der Waals surface area contributed by atoms with Gasteiger partial charge in [-0.2, -0.15) is 0 Å². The first-order chi connectivity index (χ1) is 24.1. The van der Waals surface area contributed by atoms with Gasteiger partial charge in [0.25, 0.3) is 0 Å². The molecule has 1 atom stereocenters. The predicted molar refractivity (Wildman–Crippen MR) is 203 cm³/mol. The van der Waals surface area contributed by atoms with E-state index in [1.54, 1.807) is 50.1 Å². The maximum absolute atomic E-state index is 15.7. The first kappa shape index (κ1) is 38.4. The summed E-state index contributed by atoms with van der Waals surface area (Å²) >= 11 is 3.62. The lowest BCUT2D eigenvalue weighted by atomic mass is 10.0. The zero-order chi connectivity index (χ0) is 36.8. The molecule has 0 spiro atoms. The Morgan fingerprint density at radius 3 is 2.39 bits per heavy atom. The normalized spacial score (nSPS) is 14.8. The number of rotatable bonds is 13. The van der Waals surface area contributed by atoms with Crippen LogP contribution < -0.4 is 10.1 Å². The molecule has 2 aromatic carbocycles. The number of hydrogen-bond acceptors (Lipinski definition) is 7. The fraction of sp³-hybridized carbons (Fsp3) is 0.447. The predicted octanol–water partition coefficient (Wildman–Crippen LogP) is 7.82. The van der Waals surface area contributed by atoms with Crippen LogP contribution in [0.5, 0.6) is 11.5 Å². The number of aromatic nitrogens is 2. The minimum atomic E-state index is -1.22. The van der Waals surface area contributed by atoms with Crippen LogP contribution >= 0.6 is 15.9 Å². The molecule has 5 rings (SSSR count). The highest BCUT2D eigenvalue weighted by Gasteiger charge is 2.31. The van der Waals surface area contributed by atoms with Crippen molar-refractivity contribution in [1.82, 2.24) is 24.7 Å². The van der Waals surface area contributed by atoms with E-state index in [1.807, 2.05) is 29.0 Å². The molecule has 10 nitrogen and oxygen atoms in total. The third kappa shape index (κ3) is 11.1. The summed E-state index contributed by atoms with van der Waals surface area (Å²) in [4.78, 5) is 35.3. The number of nitrogens with zero attached hydrogens (tertiary/aromatic N) is 4. The van der Waals surface area contributed by atoms with E-state index in [1.165, 1.54) is 11.6 Å². The molecular weight excluding hydrogens is 733 g/mol. The van der Waals surface area contributed by atoms with Crippen LogP contribution in [-0.4, -0.2) is 83.9 Å². The Morgan fingerprint density at radius 2 is 1.73 bits per heavy atom. The van der Waals surface area contributed by atoms with Gasteiger partial charge in [-0.25, -0.2) is 14.2 Å². The van der Waals surface area contributed by atoms with Crippen LogP contribution in [0.25, 0.3) is 11.0 Å². The number of piperazine rings is 1. The second kappa shape index (κ2) is 16.7. The summed E-state index contributed by atoms with van der Waals surface area (Å²) in [5.74, 6) is -0.375. The van der Waals surface area contributed by atoms with Crippen LogP contribution in [-0.2, 0) is 34.0 Å². The summed E-state index contributed by atoms with van der Waals surface area (Å²) in [6.07, 6.45) is 2.88. The summed E-state index contributed by atoms with van der Waals surface area (Å²) in [5.41, 5.74) is 1.65. The van der Waals surface area contributed by atoms with Crippen molar-refractivity contribution in [2.75, 3.05) is 32.8 Å². The number of carbonyl (C=O) groups is 2. The van der Waals surface area contributed by atoms with E-state index in [0.717, 1.165) is 17.1 Å². The van der Waals surface area contributed by atoms with Crippen LogP contribution in [0.1, 0.15) is 31.9 Å². The lowest BCUT2D eigenvalue weighted by molar-refractivity contribution is -0.135. The van der Waals surface area contributed by atoms with E-state index < -0.39 is 31.6 Å². The Bertz CT molecular complexity index is 1800. The van der Waals surface area contributed by atoms with E-state index in [4.69, 9.17) is 14.2 Å². The third-order valence-electron chi connectivity index (χ3n) is 8.48. The van der Waals surface area contributed by atoms with Gasteiger partial charge in [0.1, 0.15) is 29.8 Å². The van der Waals surface area contributed by atoms with Crippen molar-refractivity contribution in [3.63, 3.8) is 0 Å². The molecular formula is C38H49BrFN5O5Si. The number of amides is 2. The Morgan fingerprint density at radius 1 is 1.00 bits per heavy atom. The number of carbonyl (C=O) groups excluding carboxylic acids is 2. The van der Waals surface area contributed by atoms with E-state index in [-0.39, 0.29) is 18.1 Å². The Labute approximate surface area is 309 Å². The Kier molecular flexibility index (Phi) is 12.6. The van der Waals surface area contributed by atoms with Crippen molar-refractivity contribution in [2.45, 2.75) is 77.8 Å². The number of benzene rings is 2. The fourth-order valence-corrected chi connectivity index (χ4v) is 7.19. The van der Waals surface area contributed by atoms with Gasteiger partial charge in [0.15, 0.2) is 11.6 Å². The molecule has 1 fully saturated rings. The number of alkyl carbamates (subject to hydrolysis) is 1. The van der Waals surface area contributed by atoms with E-state index >= 15 is 4.39 Å². The zero-order valence-electron chi connectivity index (χ0n) is 30.4. The van der Waals surface area contributed by atoms with Crippen molar-refractivity contribution in [3.8, 4) is 11.5 Å². The lowest BCUT2D eigenvalue weighted by Crippen LogP contribution is -2.55. The van der Waals surface area contributed by atoms with E-state index in [2.05, 4.69) is 62.9 Å². The van der Waals surface area contributed by atoms with Crippen molar-refractivity contribution >= 4 is 47.0 Å². The largest absolute Gasteiger partial charge is 0.453 e. The molecule has 2 aromatic heterocycles. The lowest BCUT2D eigenvalue weighted by Gasteiger charge is -2.36. The van der Waals surface area contributed by atoms with Crippen LogP contribution in [0.2, 0.25) is 25.7 Å². The molecule has 0 aliphatic carbocycles. The first-order valence-electron chi connectivity index (χ1n) is 17.4. The number of halogens is 2. The van der Waals surface area contributed by atoms with E-state index in [0.29, 0.717) is 61.9 Å². The standard InChI is InChI=1S/C38H49BrFN5O5Si/c1-38(2,3)50-37(47)42-31(36(46)44-18-16-43(17-19-44)24-27-10-8-7-9-11-27)23-28-12-13-32(30(40)22-28)49-33-14-15-41-35-34(33)29(39)25-45(35)26-48-20-21-51(4,5)6/h7-15,22,25,31H,16-21,23-24,26H2,1-6H3,(H,42,47)/t31-/m0/s1. The highest BCUT2D eigenvalue weighted by atomic mass is 79.9. The molecule has 274 valence electrons. The maximum Gasteiger partial charge on any atom is 0.408 e. The number of hydrogen-bond donors (Lipinski definition) is 1. The Hall–Kier alpha value is -3.78. The van der Waals surface area contributed by atoms with Gasteiger partial charge in [-0.05, 0) is 72.1 Å². The molecule has 1 saturated heterocycles. The average molecular weight is 783 g/mol. The van der Waals surface area contributed by atoms with Crippen LogP contribution in [0, 0.1) is 5.82 Å².